The molecule has 1 aromatic carbocycles. The van der Waals surface area contributed by atoms with Crippen LogP contribution in [0.3, 0.4) is 0 Å². The largest absolute Gasteiger partial charge is 0.491 e. The fourth-order valence-corrected chi connectivity index (χ4v) is 5.74. The maximum atomic E-state index is 14.2. The third kappa shape index (κ3) is 6.22. The molecule has 206 valence electrons. The van der Waals surface area contributed by atoms with Crippen molar-refractivity contribution in [3.8, 4) is 17.1 Å². The molecule has 0 saturated heterocycles. The van der Waals surface area contributed by atoms with E-state index in [9.17, 15) is 12.8 Å². The van der Waals surface area contributed by atoms with E-state index in [1.165, 1.54) is 18.2 Å². The first-order valence-electron chi connectivity index (χ1n) is 12.7. The van der Waals surface area contributed by atoms with Gasteiger partial charge in [-0.3, -0.25) is 4.98 Å². The van der Waals surface area contributed by atoms with Crippen molar-refractivity contribution in [3.63, 3.8) is 0 Å². The van der Waals surface area contributed by atoms with Crippen LogP contribution in [0.25, 0.3) is 11.4 Å². The van der Waals surface area contributed by atoms with Crippen LogP contribution in [0.5, 0.6) is 5.75 Å². The lowest BCUT2D eigenvalue weighted by Crippen LogP contribution is -2.32. The second-order valence-corrected chi connectivity index (χ2v) is 12.5. The van der Waals surface area contributed by atoms with Crippen molar-refractivity contribution in [3.05, 3.63) is 59.4 Å². The molecule has 3 aromatic rings. The third-order valence-corrected chi connectivity index (χ3v) is 8.38. The first-order chi connectivity index (χ1) is 18.0. The maximum Gasteiger partial charge on any atom is 0.168 e. The topological polar surface area (TPSA) is 105 Å². The Bertz CT molecular complexity index is 1360. The van der Waals surface area contributed by atoms with Crippen LogP contribution in [0, 0.1) is 12.7 Å². The van der Waals surface area contributed by atoms with E-state index in [1.807, 2.05) is 40.7 Å². The first-order valence-corrected chi connectivity index (χ1v) is 14.5. The molecule has 0 N–H and O–H groups in total. The van der Waals surface area contributed by atoms with Gasteiger partial charge < -0.3 is 18.8 Å². The first kappa shape index (κ1) is 28.1. The van der Waals surface area contributed by atoms with Crippen molar-refractivity contribution in [1.82, 2.24) is 19.7 Å². The number of pyridine rings is 1. The molecule has 0 amide bonds. The number of hydrogen-bond acceptors (Lipinski definition) is 8. The molecule has 0 bridgehead atoms. The van der Waals surface area contributed by atoms with Crippen molar-refractivity contribution in [2.24, 2.45) is 0 Å². The van der Waals surface area contributed by atoms with E-state index < -0.39 is 38.8 Å². The number of halogens is 1. The number of rotatable bonds is 10. The molecule has 3 heterocycles. The Hall–Kier alpha value is -2.89. The van der Waals surface area contributed by atoms with E-state index in [2.05, 4.69) is 15.2 Å². The number of ether oxygens (including phenoxy) is 3. The second-order valence-electron chi connectivity index (χ2n) is 10.2. The van der Waals surface area contributed by atoms with Crippen LogP contribution < -0.4 is 4.74 Å². The van der Waals surface area contributed by atoms with Crippen LogP contribution in [0.1, 0.15) is 63.8 Å². The average Bonchev–Trinajstić information content (AvgIpc) is 3.18. The Morgan fingerprint density at radius 3 is 2.53 bits per heavy atom. The molecule has 0 aliphatic carbocycles. The Balaban J connectivity index is 1.72. The highest BCUT2D eigenvalue weighted by molar-refractivity contribution is 7.91. The lowest BCUT2D eigenvalue weighted by molar-refractivity contribution is 0.00402. The zero-order chi connectivity index (χ0) is 27.6. The zero-order valence-electron chi connectivity index (χ0n) is 22.6. The van der Waals surface area contributed by atoms with Crippen LogP contribution >= 0.6 is 0 Å². The fraction of sp³-hybridized carbons (Fsp3) is 0.519. The zero-order valence-corrected chi connectivity index (χ0v) is 23.4. The highest BCUT2D eigenvalue weighted by Gasteiger charge is 2.36. The molecular weight excluding hydrogens is 511 g/mol. The van der Waals surface area contributed by atoms with E-state index in [4.69, 9.17) is 14.2 Å². The number of sulfone groups is 1. The number of benzene rings is 1. The van der Waals surface area contributed by atoms with Crippen molar-refractivity contribution in [2.75, 3.05) is 13.2 Å². The maximum absolute atomic E-state index is 14.2. The molecule has 11 heteroatoms. The summed E-state index contributed by atoms with van der Waals surface area (Å²) in [6.07, 6.45) is 0.650. The summed E-state index contributed by atoms with van der Waals surface area (Å²) in [7, 11) is -3.82. The molecule has 0 unspecified atom stereocenters. The molecule has 0 radical (unpaired) electrons. The molecule has 1 aliphatic rings. The molecular formula is C27H35FN4O5S. The lowest BCUT2D eigenvalue weighted by atomic mass is 10.1. The molecule has 0 saturated carbocycles. The van der Waals surface area contributed by atoms with E-state index in [0.29, 0.717) is 22.8 Å². The highest BCUT2D eigenvalue weighted by Crippen LogP contribution is 2.36. The molecule has 0 spiro atoms. The number of aromatic nitrogens is 4. The van der Waals surface area contributed by atoms with Crippen LogP contribution in [-0.2, 0) is 25.1 Å². The van der Waals surface area contributed by atoms with Crippen molar-refractivity contribution in [1.29, 1.82) is 0 Å². The van der Waals surface area contributed by atoms with E-state index in [-0.39, 0.29) is 31.2 Å². The monoisotopic (exact) mass is 546 g/mol. The lowest BCUT2D eigenvalue weighted by Gasteiger charge is -2.26. The summed E-state index contributed by atoms with van der Waals surface area (Å²) in [4.78, 5) is 4.44. The van der Waals surface area contributed by atoms with Gasteiger partial charge in [0.15, 0.2) is 15.7 Å². The van der Waals surface area contributed by atoms with Gasteiger partial charge >= 0.3 is 0 Å². The van der Waals surface area contributed by atoms with Gasteiger partial charge in [-0.1, -0.05) is 6.07 Å². The Kier molecular flexibility index (Phi) is 8.49. The minimum absolute atomic E-state index is 0.0545. The summed E-state index contributed by atoms with van der Waals surface area (Å²) in [5.74, 6) is 0.160. The van der Waals surface area contributed by atoms with Crippen LogP contribution in [0.15, 0.2) is 36.5 Å². The third-order valence-electron chi connectivity index (χ3n) is 6.33. The molecule has 4 rings (SSSR count). The van der Waals surface area contributed by atoms with E-state index >= 15 is 0 Å². The van der Waals surface area contributed by atoms with Crippen molar-refractivity contribution >= 4 is 9.84 Å². The van der Waals surface area contributed by atoms with Gasteiger partial charge in [-0.25, -0.2) is 12.8 Å². The summed E-state index contributed by atoms with van der Waals surface area (Å²) in [5.41, 5.74) is 1.92. The Labute approximate surface area is 223 Å². The number of hydrogen-bond donors (Lipinski definition) is 0. The minimum Gasteiger partial charge on any atom is -0.491 e. The summed E-state index contributed by atoms with van der Waals surface area (Å²) < 4.78 is 61.4. The van der Waals surface area contributed by atoms with Gasteiger partial charge in [-0.05, 0) is 71.4 Å². The molecule has 9 nitrogen and oxygen atoms in total. The minimum atomic E-state index is -3.82. The smallest absolute Gasteiger partial charge is 0.168 e. The number of fused-ring (bicyclic) bond motifs is 3. The number of nitrogens with zero attached hydrogens (tertiary/aromatic N) is 4. The van der Waals surface area contributed by atoms with Crippen molar-refractivity contribution < 1.29 is 27.0 Å². The van der Waals surface area contributed by atoms with Gasteiger partial charge in [0, 0.05) is 6.20 Å². The van der Waals surface area contributed by atoms with Gasteiger partial charge in [0.05, 0.1) is 41.4 Å². The van der Waals surface area contributed by atoms with Crippen LogP contribution in [0.4, 0.5) is 4.39 Å². The normalized spacial score (nSPS) is 17.0. The summed E-state index contributed by atoms with van der Waals surface area (Å²) in [6.45, 7) is 11.5. The fourth-order valence-electron chi connectivity index (χ4n) is 4.34. The van der Waals surface area contributed by atoms with Gasteiger partial charge in [0.1, 0.15) is 35.9 Å². The molecule has 3 atom stereocenters. The predicted molar refractivity (Wildman–Crippen MR) is 141 cm³/mol. The van der Waals surface area contributed by atoms with Crippen LogP contribution in [0.2, 0.25) is 0 Å². The van der Waals surface area contributed by atoms with Crippen molar-refractivity contribution in [2.45, 2.75) is 76.9 Å². The molecule has 38 heavy (non-hydrogen) atoms. The molecule has 2 aromatic heterocycles. The SMILES string of the molecule is Cc1ccc([C@H](OC(C)C)[C@H](C)S(=O)(=O)Cc2nnc3n2[C@@H](COC(C)C)COc2ccc(F)cc2-3)nc1. The quantitative estimate of drug-likeness (QED) is 0.363. The average molecular weight is 547 g/mol. The van der Waals surface area contributed by atoms with Gasteiger partial charge in [-0.2, -0.15) is 0 Å². The second kappa shape index (κ2) is 11.5. The Morgan fingerprint density at radius 1 is 1.11 bits per heavy atom. The van der Waals surface area contributed by atoms with E-state index in [0.717, 1.165) is 5.56 Å². The van der Waals surface area contributed by atoms with Gasteiger partial charge in [-0.15, -0.1) is 10.2 Å². The molecule has 0 fully saturated rings. The van der Waals surface area contributed by atoms with Gasteiger partial charge in [0.2, 0.25) is 0 Å². The molecule has 1 aliphatic heterocycles. The van der Waals surface area contributed by atoms with Crippen LogP contribution in [-0.4, -0.2) is 58.8 Å². The summed E-state index contributed by atoms with van der Waals surface area (Å²) >= 11 is 0. The summed E-state index contributed by atoms with van der Waals surface area (Å²) in [5, 5.41) is 7.62. The Morgan fingerprint density at radius 2 is 1.87 bits per heavy atom. The summed E-state index contributed by atoms with van der Waals surface area (Å²) in [6, 6.07) is 7.42. The standard InChI is InChI=1S/C27H35FN4O5S/c1-16(2)35-13-21-14-36-24-10-8-20(28)11-22(24)27-31-30-25(32(21)27)15-38(33,34)19(6)26(37-17(3)4)23-9-7-18(5)12-29-23/h7-12,16-17,19,21,26H,13-15H2,1-6H3/t19-,21-,26+/m0/s1. The van der Waals surface area contributed by atoms with Gasteiger partial charge in [0.25, 0.3) is 0 Å². The highest BCUT2D eigenvalue weighted by atomic mass is 32.2. The number of aryl methyl sites for hydroxylation is 1. The van der Waals surface area contributed by atoms with E-state index in [1.54, 1.807) is 23.8 Å². The predicted octanol–water partition coefficient (Wildman–Crippen LogP) is 4.62.